The van der Waals surface area contributed by atoms with Crippen LogP contribution < -0.4 is 14.8 Å². The Morgan fingerprint density at radius 2 is 2.18 bits per heavy atom. The van der Waals surface area contributed by atoms with Crippen LogP contribution in [0.15, 0.2) is 43.0 Å². The summed E-state index contributed by atoms with van der Waals surface area (Å²) >= 11 is 0. The second-order valence-electron chi connectivity index (χ2n) is 5.27. The third kappa shape index (κ3) is 2.27. The van der Waals surface area contributed by atoms with Gasteiger partial charge in [-0.2, -0.15) is 0 Å². The Balaban J connectivity index is 1.49. The molecule has 6 heteroatoms. The van der Waals surface area contributed by atoms with Crippen molar-refractivity contribution in [2.75, 3.05) is 6.79 Å². The molecule has 0 saturated carbocycles. The minimum atomic E-state index is 0.196. The van der Waals surface area contributed by atoms with Gasteiger partial charge in [0.05, 0.1) is 18.1 Å². The average Bonchev–Trinajstić information content (AvgIpc) is 3.18. The van der Waals surface area contributed by atoms with Gasteiger partial charge in [-0.3, -0.25) is 9.38 Å². The quantitative estimate of drug-likeness (QED) is 0.800. The van der Waals surface area contributed by atoms with Gasteiger partial charge in [0.2, 0.25) is 6.79 Å². The maximum atomic E-state index is 5.43. The monoisotopic (exact) mass is 296 g/mol. The molecule has 0 aliphatic carbocycles. The maximum Gasteiger partial charge on any atom is 0.231 e. The lowest BCUT2D eigenvalue weighted by Crippen LogP contribution is -2.19. The first-order chi connectivity index (χ1) is 10.8. The fourth-order valence-electron chi connectivity index (χ4n) is 2.58. The molecule has 0 unspecified atom stereocenters. The largest absolute Gasteiger partial charge is 0.454 e. The highest BCUT2D eigenvalue weighted by Crippen LogP contribution is 2.34. The molecule has 1 aliphatic heterocycles. The van der Waals surface area contributed by atoms with Gasteiger partial charge in [-0.1, -0.05) is 6.07 Å². The highest BCUT2D eigenvalue weighted by molar-refractivity contribution is 5.45. The molecule has 0 amide bonds. The van der Waals surface area contributed by atoms with Gasteiger partial charge >= 0.3 is 0 Å². The summed E-state index contributed by atoms with van der Waals surface area (Å²) in [5, 5.41) is 3.51. The van der Waals surface area contributed by atoms with Crippen LogP contribution in [-0.2, 0) is 6.54 Å². The van der Waals surface area contributed by atoms with E-state index in [1.165, 1.54) is 5.56 Å². The number of nitrogens with one attached hydrogen (secondary N) is 1. The van der Waals surface area contributed by atoms with Gasteiger partial charge in [-0.15, -0.1) is 0 Å². The van der Waals surface area contributed by atoms with Crippen LogP contribution in [0.2, 0.25) is 0 Å². The summed E-state index contributed by atoms with van der Waals surface area (Å²) in [5.74, 6) is 1.62. The fourth-order valence-corrected chi connectivity index (χ4v) is 2.58. The Hall–Kier alpha value is -2.60. The first-order valence-electron chi connectivity index (χ1n) is 7.20. The van der Waals surface area contributed by atoms with E-state index in [4.69, 9.17) is 9.47 Å². The van der Waals surface area contributed by atoms with Crippen LogP contribution in [0.3, 0.4) is 0 Å². The number of aromatic nitrogens is 3. The van der Waals surface area contributed by atoms with E-state index in [1.54, 1.807) is 12.4 Å². The Morgan fingerprint density at radius 1 is 1.27 bits per heavy atom. The molecular formula is C16H16N4O2. The van der Waals surface area contributed by atoms with E-state index < -0.39 is 0 Å². The summed E-state index contributed by atoms with van der Waals surface area (Å²) in [6.07, 6.45) is 7.31. The van der Waals surface area contributed by atoms with Gasteiger partial charge in [0.1, 0.15) is 0 Å². The minimum Gasteiger partial charge on any atom is -0.454 e. The van der Waals surface area contributed by atoms with E-state index in [2.05, 4.69) is 28.3 Å². The predicted octanol–water partition coefficient (Wildman–Crippen LogP) is 2.31. The van der Waals surface area contributed by atoms with Gasteiger partial charge < -0.3 is 14.8 Å². The van der Waals surface area contributed by atoms with Crippen molar-refractivity contribution in [3.63, 3.8) is 0 Å². The van der Waals surface area contributed by atoms with Crippen molar-refractivity contribution in [2.45, 2.75) is 19.5 Å². The van der Waals surface area contributed by atoms with Crippen LogP contribution in [0, 0.1) is 0 Å². The Bertz CT molecular complexity index is 815. The SMILES string of the molecule is C[C@@H](NCc1cnc2cnccn12)c1ccc2c(c1)OCO2. The normalized spacial score (nSPS) is 14.4. The molecule has 0 spiro atoms. The minimum absolute atomic E-state index is 0.196. The van der Waals surface area contributed by atoms with E-state index in [1.807, 2.05) is 28.9 Å². The highest BCUT2D eigenvalue weighted by Gasteiger charge is 2.15. The zero-order valence-corrected chi connectivity index (χ0v) is 12.2. The summed E-state index contributed by atoms with van der Waals surface area (Å²) in [6.45, 7) is 3.15. The Kier molecular flexibility index (Phi) is 3.16. The number of hydrogen-bond acceptors (Lipinski definition) is 5. The number of fused-ring (bicyclic) bond motifs is 2. The van der Waals surface area contributed by atoms with Gasteiger partial charge in [0, 0.05) is 25.0 Å². The molecule has 1 aromatic carbocycles. The van der Waals surface area contributed by atoms with Crippen LogP contribution in [0.1, 0.15) is 24.2 Å². The van der Waals surface area contributed by atoms with E-state index in [0.29, 0.717) is 6.79 Å². The lowest BCUT2D eigenvalue weighted by Gasteiger charge is -2.14. The number of imidazole rings is 1. The predicted molar refractivity (Wildman–Crippen MR) is 80.8 cm³/mol. The second-order valence-corrected chi connectivity index (χ2v) is 5.27. The smallest absolute Gasteiger partial charge is 0.231 e. The van der Waals surface area contributed by atoms with Crippen LogP contribution in [0.5, 0.6) is 11.5 Å². The standard InChI is InChI=1S/C16H16N4O2/c1-11(12-2-3-14-15(6-12)22-10-21-14)18-7-13-8-19-16-9-17-4-5-20(13)16/h2-6,8-9,11,18H,7,10H2,1H3/t11-/m1/s1. The number of nitrogens with zero attached hydrogens (tertiary/aromatic N) is 3. The van der Waals surface area contributed by atoms with Crippen molar-refractivity contribution >= 4 is 5.65 Å². The third-order valence-corrected chi connectivity index (χ3v) is 3.88. The summed E-state index contributed by atoms with van der Waals surface area (Å²) in [6, 6.07) is 6.24. The van der Waals surface area contributed by atoms with Crippen molar-refractivity contribution in [2.24, 2.45) is 0 Å². The molecule has 2 aromatic heterocycles. The number of rotatable bonds is 4. The zero-order valence-electron chi connectivity index (χ0n) is 12.2. The summed E-state index contributed by atoms with van der Waals surface area (Å²) in [5.41, 5.74) is 3.12. The Labute approximate surface area is 127 Å². The number of benzene rings is 1. The summed E-state index contributed by atoms with van der Waals surface area (Å²) < 4.78 is 12.8. The van der Waals surface area contributed by atoms with Crippen LogP contribution in [-0.4, -0.2) is 21.2 Å². The third-order valence-electron chi connectivity index (χ3n) is 3.88. The van der Waals surface area contributed by atoms with Crippen molar-refractivity contribution in [1.29, 1.82) is 0 Å². The molecule has 112 valence electrons. The van der Waals surface area contributed by atoms with Crippen LogP contribution >= 0.6 is 0 Å². The number of hydrogen-bond donors (Lipinski definition) is 1. The molecule has 3 heterocycles. The maximum absolute atomic E-state index is 5.43. The van der Waals surface area contributed by atoms with Gasteiger partial charge in [-0.05, 0) is 24.6 Å². The van der Waals surface area contributed by atoms with Gasteiger partial charge in [0.15, 0.2) is 17.1 Å². The second kappa shape index (κ2) is 5.31. The molecule has 4 rings (SSSR count). The molecule has 1 N–H and O–H groups in total. The molecule has 0 saturated heterocycles. The van der Waals surface area contributed by atoms with E-state index in [-0.39, 0.29) is 6.04 Å². The van der Waals surface area contributed by atoms with Crippen LogP contribution in [0.4, 0.5) is 0 Å². The summed E-state index contributed by atoms with van der Waals surface area (Å²) in [7, 11) is 0. The number of ether oxygens (including phenoxy) is 2. The zero-order chi connectivity index (χ0) is 14.9. The molecule has 0 bridgehead atoms. The molecule has 3 aromatic rings. The fraction of sp³-hybridized carbons (Fsp3) is 0.250. The van der Waals surface area contributed by atoms with E-state index in [9.17, 15) is 0 Å². The van der Waals surface area contributed by atoms with Crippen molar-refractivity contribution in [3.8, 4) is 11.5 Å². The van der Waals surface area contributed by atoms with E-state index >= 15 is 0 Å². The molecule has 1 aliphatic rings. The highest BCUT2D eigenvalue weighted by atomic mass is 16.7. The van der Waals surface area contributed by atoms with E-state index in [0.717, 1.165) is 29.4 Å². The molecule has 0 radical (unpaired) electrons. The molecular weight excluding hydrogens is 280 g/mol. The molecule has 6 nitrogen and oxygen atoms in total. The lowest BCUT2D eigenvalue weighted by molar-refractivity contribution is 0.174. The van der Waals surface area contributed by atoms with Gasteiger partial charge in [0.25, 0.3) is 0 Å². The lowest BCUT2D eigenvalue weighted by atomic mass is 10.1. The molecule has 22 heavy (non-hydrogen) atoms. The van der Waals surface area contributed by atoms with Gasteiger partial charge in [-0.25, -0.2) is 4.98 Å². The molecule has 1 atom stereocenters. The van der Waals surface area contributed by atoms with Crippen molar-refractivity contribution < 1.29 is 9.47 Å². The first-order valence-corrected chi connectivity index (χ1v) is 7.20. The van der Waals surface area contributed by atoms with Crippen molar-refractivity contribution in [1.82, 2.24) is 19.7 Å². The van der Waals surface area contributed by atoms with Crippen molar-refractivity contribution in [3.05, 3.63) is 54.2 Å². The average molecular weight is 296 g/mol. The Morgan fingerprint density at radius 3 is 3.14 bits per heavy atom. The van der Waals surface area contributed by atoms with Crippen LogP contribution in [0.25, 0.3) is 5.65 Å². The summed E-state index contributed by atoms with van der Waals surface area (Å²) in [4.78, 5) is 8.41. The molecule has 0 fully saturated rings. The topological polar surface area (TPSA) is 60.7 Å². The first kappa shape index (κ1) is 13.1.